The predicted octanol–water partition coefficient (Wildman–Crippen LogP) is 1.93. The number of carbonyl (C=O) groups excluding carboxylic acids is 1. The third kappa shape index (κ3) is 2.92. The second-order valence-electron chi connectivity index (χ2n) is 3.96. The van der Waals surface area contributed by atoms with Gasteiger partial charge in [0.2, 0.25) is 0 Å². The van der Waals surface area contributed by atoms with Crippen LogP contribution in [0.1, 0.15) is 24.8 Å². The average molecular weight is 216 g/mol. The van der Waals surface area contributed by atoms with Crippen LogP contribution < -0.4 is 5.32 Å². The largest absolute Gasteiger partial charge is 0.351 e. The van der Waals surface area contributed by atoms with Gasteiger partial charge in [0, 0.05) is 6.54 Å². The topological polar surface area (TPSA) is 41.5 Å². The maximum Gasteiger partial charge on any atom is 0.265 e. The summed E-state index contributed by atoms with van der Waals surface area (Å²) in [5, 5.41) is 2.86. The molecule has 1 heterocycles. The molecule has 1 fully saturated rings. The lowest BCUT2D eigenvalue weighted by molar-refractivity contribution is -0.114. The van der Waals surface area contributed by atoms with Gasteiger partial charge in [0.05, 0.1) is 12.3 Å². The lowest BCUT2D eigenvalue weighted by Gasteiger charge is -2.02. The number of benzene rings is 1. The van der Waals surface area contributed by atoms with Crippen LogP contribution in [0.2, 0.25) is 0 Å². The molecule has 3 heteroatoms. The molecule has 0 spiro atoms. The Kier molecular flexibility index (Phi) is 3.70. The quantitative estimate of drug-likeness (QED) is 0.806. The van der Waals surface area contributed by atoms with E-state index in [-0.39, 0.29) is 5.91 Å². The summed E-state index contributed by atoms with van der Waals surface area (Å²) in [5.74, 6) is 0.00781. The number of hydrogen-bond donors (Lipinski definition) is 1. The molecule has 0 aliphatic carbocycles. The molecule has 84 valence electrons. The summed E-state index contributed by atoms with van der Waals surface area (Å²) >= 11 is 0. The fourth-order valence-corrected chi connectivity index (χ4v) is 1.76. The van der Waals surface area contributed by atoms with E-state index in [9.17, 15) is 4.79 Å². The van der Waals surface area contributed by atoms with Gasteiger partial charge in [-0.15, -0.1) is 0 Å². The van der Waals surface area contributed by atoms with Crippen molar-refractivity contribution in [1.82, 2.24) is 5.32 Å². The van der Waals surface area contributed by atoms with Gasteiger partial charge < -0.3 is 5.32 Å². The van der Waals surface area contributed by atoms with Crippen molar-refractivity contribution in [2.75, 3.05) is 6.54 Å². The van der Waals surface area contributed by atoms with E-state index in [1.807, 2.05) is 30.3 Å². The Bertz CT molecular complexity index is 384. The molecule has 1 aliphatic rings. The molecule has 1 aromatic carbocycles. The maximum absolute atomic E-state index is 11.6. The van der Waals surface area contributed by atoms with Gasteiger partial charge in [-0.25, -0.2) is 0 Å². The smallest absolute Gasteiger partial charge is 0.265 e. The zero-order chi connectivity index (χ0) is 11.2. The number of amides is 1. The zero-order valence-electron chi connectivity index (χ0n) is 9.28. The van der Waals surface area contributed by atoms with Gasteiger partial charge >= 0.3 is 0 Å². The van der Waals surface area contributed by atoms with Crippen molar-refractivity contribution in [3.05, 3.63) is 35.9 Å². The second kappa shape index (κ2) is 5.45. The molecule has 2 rings (SSSR count). The predicted molar refractivity (Wildman–Crippen MR) is 64.4 cm³/mol. The van der Waals surface area contributed by atoms with E-state index in [0.717, 1.165) is 31.4 Å². The molecule has 1 aliphatic heterocycles. The van der Waals surface area contributed by atoms with Gasteiger partial charge in [-0.3, -0.25) is 9.79 Å². The Morgan fingerprint density at radius 2 is 2.00 bits per heavy atom. The Morgan fingerprint density at radius 3 is 2.81 bits per heavy atom. The van der Waals surface area contributed by atoms with Crippen LogP contribution in [0.4, 0.5) is 0 Å². The third-order valence-electron chi connectivity index (χ3n) is 2.68. The first-order chi connectivity index (χ1) is 7.86. The molecule has 1 aromatic rings. The van der Waals surface area contributed by atoms with E-state index < -0.39 is 0 Å². The Labute approximate surface area is 95.6 Å². The molecule has 0 atom stereocenters. The lowest BCUT2D eigenvalue weighted by Crippen LogP contribution is -2.29. The summed E-state index contributed by atoms with van der Waals surface area (Å²) in [4.78, 5) is 16.0. The third-order valence-corrected chi connectivity index (χ3v) is 2.68. The fraction of sp³-hybridized carbons (Fsp3) is 0.385. The zero-order valence-corrected chi connectivity index (χ0v) is 9.28. The highest BCUT2D eigenvalue weighted by Gasteiger charge is 2.13. The van der Waals surface area contributed by atoms with Crippen LogP contribution >= 0.6 is 0 Å². The summed E-state index contributed by atoms with van der Waals surface area (Å²) < 4.78 is 0. The molecule has 0 saturated carbocycles. The highest BCUT2D eigenvalue weighted by atomic mass is 16.1. The van der Waals surface area contributed by atoms with Gasteiger partial charge in [0.1, 0.15) is 0 Å². The summed E-state index contributed by atoms with van der Waals surface area (Å²) in [6, 6.07) is 10.0. The monoisotopic (exact) mass is 216 g/mol. The molecule has 0 unspecified atom stereocenters. The van der Waals surface area contributed by atoms with Crippen LogP contribution in [0, 0.1) is 0 Å². The Hall–Kier alpha value is -1.64. The molecule has 0 bridgehead atoms. The molecule has 0 radical (unpaired) electrons. The highest BCUT2D eigenvalue weighted by molar-refractivity contribution is 6.39. The molecular weight excluding hydrogens is 200 g/mol. The van der Waals surface area contributed by atoms with Crippen molar-refractivity contribution in [3.8, 4) is 0 Å². The minimum Gasteiger partial charge on any atom is -0.351 e. The maximum atomic E-state index is 11.6. The summed E-state index contributed by atoms with van der Waals surface area (Å²) in [5.41, 5.74) is 1.84. The van der Waals surface area contributed by atoms with E-state index in [4.69, 9.17) is 0 Å². The van der Waals surface area contributed by atoms with Crippen LogP contribution in [0.15, 0.2) is 35.3 Å². The normalized spacial score (nSPS) is 19.2. The molecule has 1 saturated heterocycles. The van der Waals surface area contributed by atoms with Gasteiger partial charge in [-0.1, -0.05) is 30.3 Å². The number of nitrogens with one attached hydrogen (secondary N) is 1. The number of hydrogen-bond acceptors (Lipinski definition) is 2. The van der Waals surface area contributed by atoms with Crippen molar-refractivity contribution in [2.45, 2.75) is 25.8 Å². The van der Waals surface area contributed by atoms with Crippen LogP contribution in [-0.4, -0.2) is 18.2 Å². The van der Waals surface area contributed by atoms with Crippen LogP contribution in [0.25, 0.3) is 0 Å². The molecule has 16 heavy (non-hydrogen) atoms. The minimum absolute atomic E-state index is 0.00781. The summed E-state index contributed by atoms with van der Waals surface area (Å²) in [7, 11) is 0. The van der Waals surface area contributed by atoms with Crippen molar-refractivity contribution in [3.63, 3.8) is 0 Å². The first kappa shape index (κ1) is 10.9. The lowest BCUT2D eigenvalue weighted by atomic mass is 10.2. The average Bonchev–Trinajstić information content (AvgIpc) is 2.53. The van der Waals surface area contributed by atoms with E-state index in [0.29, 0.717) is 12.3 Å². The number of rotatable bonds is 2. The molecule has 0 aromatic heterocycles. The molecule has 1 N–H and O–H groups in total. The fourth-order valence-electron chi connectivity index (χ4n) is 1.76. The van der Waals surface area contributed by atoms with Crippen LogP contribution in [-0.2, 0) is 11.3 Å². The Morgan fingerprint density at radius 1 is 1.19 bits per heavy atom. The molecular formula is C13H16N2O. The number of nitrogens with zero attached hydrogens (tertiary/aromatic N) is 1. The van der Waals surface area contributed by atoms with E-state index in [2.05, 4.69) is 10.3 Å². The van der Waals surface area contributed by atoms with Gasteiger partial charge in [0.15, 0.2) is 0 Å². The van der Waals surface area contributed by atoms with Gasteiger partial charge in [-0.2, -0.15) is 0 Å². The highest BCUT2D eigenvalue weighted by Crippen LogP contribution is 2.06. The van der Waals surface area contributed by atoms with Crippen molar-refractivity contribution in [2.24, 2.45) is 4.99 Å². The molecule has 1 amide bonds. The standard InChI is InChI=1S/C13H16N2O/c16-13-12(8-4-5-9-14-13)15-10-11-6-2-1-3-7-11/h1-3,6-7H,4-5,8-10H2,(H,14,16). The van der Waals surface area contributed by atoms with Gasteiger partial charge in [0.25, 0.3) is 5.91 Å². The SMILES string of the molecule is O=C1NCCCCC1=NCc1ccccc1. The van der Waals surface area contributed by atoms with Crippen LogP contribution in [0.5, 0.6) is 0 Å². The first-order valence-electron chi connectivity index (χ1n) is 5.72. The van der Waals surface area contributed by atoms with Crippen molar-refractivity contribution >= 4 is 11.6 Å². The van der Waals surface area contributed by atoms with Gasteiger partial charge in [-0.05, 0) is 24.8 Å². The van der Waals surface area contributed by atoms with Crippen LogP contribution in [0.3, 0.4) is 0 Å². The van der Waals surface area contributed by atoms with E-state index in [1.54, 1.807) is 0 Å². The summed E-state index contributed by atoms with van der Waals surface area (Å²) in [6.45, 7) is 1.38. The van der Waals surface area contributed by atoms with Crippen molar-refractivity contribution in [1.29, 1.82) is 0 Å². The molecule has 3 nitrogen and oxygen atoms in total. The van der Waals surface area contributed by atoms with E-state index in [1.165, 1.54) is 0 Å². The number of carbonyl (C=O) groups is 1. The van der Waals surface area contributed by atoms with Crippen molar-refractivity contribution < 1.29 is 4.79 Å². The minimum atomic E-state index is 0.00781. The first-order valence-corrected chi connectivity index (χ1v) is 5.72. The number of aliphatic imine (C=N–C) groups is 1. The second-order valence-corrected chi connectivity index (χ2v) is 3.96. The van der Waals surface area contributed by atoms with E-state index >= 15 is 0 Å². The Balaban J connectivity index is 2.03. The summed E-state index contributed by atoms with van der Waals surface area (Å²) in [6.07, 6.45) is 2.90.